The van der Waals surface area contributed by atoms with Crippen LogP contribution < -0.4 is 11.1 Å². The molecule has 1 fully saturated rings. The highest BCUT2D eigenvalue weighted by atomic mass is 32.2. The van der Waals surface area contributed by atoms with Crippen molar-refractivity contribution in [3.8, 4) is 0 Å². The smallest absolute Gasteiger partial charge is 0.363 e. The van der Waals surface area contributed by atoms with Crippen molar-refractivity contribution in [2.45, 2.75) is 25.4 Å². The van der Waals surface area contributed by atoms with Crippen LogP contribution in [0.5, 0.6) is 0 Å². The van der Waals surface area contributed by atoms with Crippen LogP contribution in [0.2, 0.25) is 0 Å². The highest BCUT2D eigenvalue weighted by molar-refractivity contribution is 7.84. The number of nitrogens with zero attached hydrogens (tertiary/aromatic N) is 3. The van der Waals surface area contributed by atoms with Gasteiger partial charge < -0.3 is 20.6 Å². The molecule has 0 spiro atoms. The van der Waals surface area contributed by atoms with Crippen molar-refractivity contribution >= 4 is 50.3 Å². The van der Waals surface area contributed by atoms with Gasteiger partial charge in [0.15, 0.2) is 16.9 Å². The summed E-state index contributed by atoms with van der Waals surface area (Å²) in [4.78, 5) is 45.3. The SMILES string of the molecule is CCCO/N=C(\C(=O)N[C@H]1C(=O)N(S(=O)(=O)O)[C@H]1C(=O)OC)c1csc(N)n1. The monoisotopic (exact) mass is 435 g/mol. The van der Waals surface area contributed by atoms with Crippen LogP contribution in [-0.2, 0) is 34.3 Å². The van der Waals surface area contributed by atoms with E-state index < -0.39 is 40.2 Å². The Kier molecular flexibility index (Phi) is 6.52. The van der Waals surface area contributed by atoms with Crippen LogP contribution in [0.4, 0.5) is 5.13 Å². The number of thiazole rings is 1. The van der Waals surface area contributed by atoms with E-state index in [0.29, 0.717) is 6.42 Å². The molecule has 0 bridgehead atoms. The van der Waals surface area contributed by atoms with Crippen LogP contribution in [0.25, 0.3) is 0 Å². The zero-order chi connectivity index (χ0) is 21.1. The number of hydrogen-bond donors (Lipinski definition) is 3. The highest BCUT2D eigenvalue weighted by Gasteiger charge is 2.58. The summed E-state index contributed by atoms with van der Waals surface area (Å²) in [6.07, 6.45) is 0.604. The highest BCUT2D eigenvalue weighted by Crippen LogP contribution is 2.25. The number of β-lactam (4-membered cyclic amide) rings is 1. The van der Waals surface area contributed by atoms with E-state index in [0.717, 1.165) is 18.4 Å². The fraction of sp³-hybridized carbons (Fsp3) is 0.462. The maximum atomic E-state index is 12.6. The number of nitrogens with one attached hydrogen (secondary N) is 1. The first-order valence-electron chi connectivity index (χ1n) is 7.72. The van der Waals surface area contributed by atoms with Crippen LogP contribution >= 0.6 is 11.3 Å². The van der Waals surface area contributed by atoms with Crippen LogP contribution in [0.1, 0.15) is 19.0 Å². The molecule has 4 N–H and O–H groups in total. The molecular weight excluding hydrogens is 418 g/mol. The molecule has 1 aromatic rings. The molecule has 2 atom stereocenters. The maximum Gasteiger partial charge on any atom is 0.363 e. The Morgan fingerprint density at radius 1 is 1.50 bits per heavy atom. The third-order valence-corrected chi connectivity index (χ3v) is 5.04. The summed E-state index contributed by atoms with van der Waals surface area (Å²) in [5, 5.41) is 7.42. The number of oxime groups is 1. The molecular formula is C13H17N5O8S2. The number of esters is 1. The Morgan fingerprint density at radius 2 is 2.18 bits per heavy atom. The van der Waals surface area contributed by atoms with Gasteiger partial charge in [0.2, 0.25) is 0 Å². The van der Waals surface area contributed by atoms with Crippen molar-refractivity contribution in [2.24, 2.45) is 5.16 Å². The van der Waals surface area contributed by atoms with Gasteiger partial charge in [-0.25, -0.2) is 9.78 Å². The van der Waals surface area contributed by atoms with Gasteiger partial charge in [-0.2, -0.15) is 12.7 Å². The Balaban J connectivity index is 2.27. The molecule has 28 heavy (non-hydrogen) atoms. The molecule has 0 aliphatic carbocycles. The fourth-order valence-electron chi connectivity index (χ4n) is 2.22. The molecule has 1 aliphatic rings. The van der Waals surface area contributed by atoms with Crippen LogP contribution in [-0.4, -0.2) is 71.6 Å². The number of hydrogen-bond acceptors (Lipinski definition) is 11. The maximum absolute atomic E-state index is 12.6. The number of carbonyl (C=O) groups is 3. The standard InChI is InChI=1S/C13H17N5O8S2/c1-3-4-26-17-7(6-5-27-13(14)15-6)10(19)16-8-9(12(21)25-2)18(11(8)20)28(22,23)24/h5,8-9H,3-4H2,1-2H3,(H2,14,15)(H,16,19)(H,22,23,24)/b17-7-/t8-,9-/m1/s1. The minimum Gasteiger partial charge on any atom is -0.467 e. The zero-order valence-electron chi connectivity index (χ0n) is 14.7. The largest absolute Gasteiger partial charge is 0.467 e. The molecule has 1 aliphatic heterocycles. The van der Waals surface area contributed by atoms with E-state index >= 15 is 0 Å². The fourth-order valence-corrected chi connectivity index (χ4v) is 3.61. The summed E-state index contributed by atoms with van der Waals surface area (Å²) in [6.45, 7) is 2.01. The third-order valence-electron chi connectivity index (χ3n) is 3.46. The minimum absolute atomic E-state index is 0.0594. The summed E-state index contributed by atoms with van der Waals surface area (Å²) in [6, 6.07) is -3.37. The van der Waals surface area contributed by atoms with E-state index in [9.17, 15) is 22.8 Å². The number of aromatic nitrogens is 1. The second-order valence-electron chi connectivity index (χ2n) is 5.38. The first kappa shape index (κ1) is 21.5. The van der Waals surface area contributed by atoms with Crippen LogP contribution in [0.15, 0.2) is 10.5 Å². The van der Waals surface area contributed by atoms with E-state index in [1.54, 1.807) is 0 Å². The Hall–Kier alpha value is -2.78. The number of anilines is 1. The van der Waals surface area contributed by atoms with E-state index in [1.807, 2.05) is 6.92 Å². The lowest BCUT2D eigenvalue weighted by Crippen LogP contribution is -2.74. The molecule has 2 amide bonds. The average molecular weight is 435 g/mol. The minimum atomic E-state index is -5.03. The zero-order valence-corrected chi connectivity index (χ0v) is 16.3. The molecule has 2 rings (SSSR count). The van der Waals surface area contributed by atoms with Gasteiger partial charge in [0.25, 0.3) is 11.8 Å². The topological polar surface area (TPSA) is 191 Å². The summed E-state index contributed by atoms with van der Waals surface area (Å²) >= 11 is 1.03. The second-order valence-corrected chi connectivity index (χ2v) is 7.55. The summed E-state index contributed by atoms with van der Waals surface area (Å²) in [5.74, 6) is -3.34. The third kappa shape index (κ3) is 4.37. The normalized spacial score (nSPS) is 19.8. The molecule has 0 radical (unpaired) electrons. The first-order valence-corrected chi connectivity index (χ1v) is 10.00. The predicted octanol–water partition coefficient (Wildman–Crippen LogP) is -1.47. The van der Waals surface area contributed by atoms with Gasteiger partial charge >= 0.3 is 16.3 Å². The van der Waals surface area contributed by atoms with Crippen molar-refractivity contribution in [3.05, 3.63) is 11.1 Å². The number of rotatable bonds is 8. The molecule has 13 nitrogen and oxygen atoms in total. The van der Waals surface area contributed by atoms with Crippen LogP contribution in [0.3, 0.4) is 0 Å². The predicted molar refractivity (Wildman–Crippen MR) is 95.4 cm³/mol. The quantitative estimate of drug-likeness (QED) is 0.108. The van der Waals surface area contributed by atoms with Crippen molar-refractivity contribution in [2.75, 3.05) is 19.5 Å². The number of amides is 2. The van der Waals surface area contributed by atoms with Gasteiger partial charge in [-0.15, -0.1) is 11.3 Å². The Labute approximate surface area is 163 Å². The molecule has 1 aromatic heterocycles. The Morgan fingerprint density at radius 3 is 2.68 bits per heavy atom. The van der Waals surface area contributed by atoms with E-state index in [1.165, 1.54) is 5.38 Å². The average Bonchev–Trinajstić information content (AvgIpc) is 3.04. The van der Waals surface area contributed by atoms with E-state index in [2.05, 4.69) is 20.2 Å². The van der Waals surface area contributed by atoms with Gasteiger partial charge in [-0.1, -0.05) is 12.1 Å². The number of nitrogens with two attached hydrogens (primary N) is 1. The van der Waals surface area contributed by atoms with Gasteiger partial charge in [0.1, 0.15) is 18.3 Å². The van der Waals surface area contributed by atoms with Crippen molar-refractivity contribution in [3.63, 3.8) is 0 Å². The summed E-state index contributed by atoms with van der Waals surface area (Å²) < 4.78 is 36.0. The lowest BCUT2D eigenvalue weighted by molar-refractivity contribution is -0.162. The molecule has 2 heterocycles. The van der Waals surface area contributed by atoms with Gasteiger partial charge in [-0.3, -0.25) is 14.1 Å². The van der Waals surface area contributed by atoms with Crippen molar-refractivity contribution < 1.29 is 36.9 Å². The first-order chi connectivity index (χ1) is 13.1. The number of nitrogen functional groups attached to an aromatic ring is 1. The number of ether oxygens (including phenoxy) is 1. The molecule has 15 heteroatoms. The van der Waals surface area contributed by atoms with Gasteiger partial charge in [0.05, 0.1) is 7.11 Å². The van der Waals surface area contributed by atoms with E-state index in [-0.39, 0.29) is 27.4 Å². The van der Waals surface area contributed by atoms with E-state index in [4.69, 9.17) is 15.1 Å². The van der Waals surface area contributed by atoms with Gasteiger partial charge in [0, 0.05) is 5.38 Å². The Bertz CT molecular complexity index is 912. The molecule has 0 saturated carbocycles. The van der Waals surface area contributed by atoms with Gasteiger partial charge in [-0.05, 0) is 6.42 Å². The van der Waals surface area contributed by atoms with Crippen LogP contribution in [0, 0.1) is 0 Å². The lowest BCUT2D eigenvalue weighted by atomic mass is 9.98. The lowest BCUT2D eigenvalue weighted by Gasteiger charge is -2.41. The molecule has 154 valence electrons. The summed E-state index contributed by atoms with van der Waals surface area (Å²) in [7, 11) is -4.07. The molecule has 0 unspecified atom stereocenters. The molecule has 0 aromatic carbocycles. The molecule has 1 saturated heterocycles. The number of methoxy groups -OCH3 is 1. The van der Waals surface area contributed by atoms with Crippen molar-refractivity contribution in [1.29, 1.82) is 0 Å². The second kappa shape index (κ2) is 8.49. The summed E-state index contributed by atoms with van der Waals surface area (Å²) in [5.41, 5.74) is 5.27. The number of carbonyl (C=O) groups excluding carboxylic acids is 3. The van der Waals surface area contributed by atoms with Crippen molar-refractivity contribution in [1.82, 2.24) is 14.6 Å².